The summed E-state index contributed by atoms with van der Waals surface area (Å²) >= 11 is 0. The van der Waals surface area contributed by atoms with Gasteiger partial charge in [-0.05, 0) is 19.9 Å². The summed E-state index contributed by atoms with van der Waals surface area (Å²) in [6.45, 7) is 18.5. The van der Waals surface area contributed by atoms with Crippen LogP contribution in [0.5, 0.6) is 0 Å². The van der Waals surface area contributed by atoms with E-state index in [9.17, 15) is 4.57 Å². The van der Waals surface area contributed by atoms with Crippen LogP contribution in [-0.2, 0) is 18.3 Å². The van der Waals surface area contributed by atoms with Crippen LogP contribution in [0.15, 0.2) is 0 Å². The lowest BCUT2D eigenvalue weighted by Crippen LogP contribution is -2.42. The third-order valence-electron chi connectivity index (χ3n) is 2.77. The van der Waals surface area contributed by atoms with Gasteiger partial charge in [0.15, 0.2) is 0 Å². The van der Waals surface area contributed by atoms with Crippen molar-refractivity contribution in [3.8, 4) is 0 Å². The van der Waals surface area contributed by atoms with E-state index in [1.165, 1.54) is 0 Å². The van der Waals surface area contributed by atoms with Crippen LogP contribution in [0, 0.1) is 0 Å². The largest absolute Gasteiger partial charge is 0.370 e. The molecule has 0 saturated carbocycles. The molecule has 0 aliphatic carbocycles. The van der Waals surface area contributed by atoms with E-state index in [-0.39, 0.29) is 5.47 Å². The molecule has 0 amide bonds. The summed E-state index contributed by atoms with van der Waals surface area (Å²) in [4.78, 5) is 0. The second-order valence-electron chi connectivity index (χ2n) is 7.28. The second kappa shape index (κ2) is 8.25. The molecule has 0 fully saturated rings. The number of rotatable bonds is 10. The van der Waals surface area contributed by atoms with Crippen molar-refractivity contribution in [3.63, 3.8) is 0 Å². The van der Waals surface area contributed by atoms with Gasteiger partial charge < -0.3 is 13.8 Å². The van der Waals surface area contributed by atoms with Gasteiger partial charge in [-0.1, -0.05) is 39.3 Å². The van der Waals surface area contributed by atoms with Crippen molar-refractivity contribution in [2.45, 2.75) is 64.6 Å². The molecule has 0 aliphatic rings. The van der Waals surface area contributed by atoms with Crippen LogP contribution >= 0.6 is 7.60 Å². The second-order valence-corrected chi connectivity index (χ2v) is 20.7. The summed E-state index contributed by atoms with van der Waals surface area (Å²) in [5.74, 6) is 0. The van der Waals surface area contributed by atoms with Gasteiger partial charge in [0.25, 0.3) is 0 Å². The molecule has 0 N–H and O–H groups in total. The molecule has 0 saturated heterocycles. The fraction of sp³-hybridized carbons (Fsp3) is 1.00. The molecule has 0 aliphatic heterocycles. The monoisotopic (exact) mass is 340 g/mol. The van der Waals surface area contributed by atoms with Gasteiger partial charge in [0.2, 0.25) is 0 Å². The average molecular weight is 341 g/mol. The Morgan fingerprint density at radius 3 is 1.70 bits per heavy atom. The highest BCUT2D eigenvalue weighted by molar-refractivity contribution is 7.57. The first kappa shape index (κ1) is 20.5. The van der Waals surface area contributed by atoms with Crippen molar-refractivity contribution in [1.82, 2.24) is 0 Å². The lowest BCUT2D eigenvalue weighted by atomic mass is 10.9. The summed E-state index contributed by atoms with van der Waals surface area (Å²) in [5, 5.41) is 0. The van der Waals surface area contributed by atoms with Gasteiger partial charge in [-0.2, -0.15) is 0 Å². The highest BCUT2D eigenvalue weighted by Crippen LogP contribution is 2.56. The predicted octanol–water partition coefficient (Wildman–Crippen LogP) is 4.81. The number of hydrogen-bond acceptors (Lipinski definition) is 4. The van der Waals surface area contributed by atoms with Crippen LogP contribution in [0.2, 0.25) is 45.3 Å². The number of hydrogen-bond donors (Lipinski definition) is 0. The molecule has 1 unspecified atom stereocenters. The zero-order valence-electron chi connectivity index (χ0n) is 14.5. The van der Waals surface area contributed by atoms with Crippen LogP contribution in [-0.4, -0.2) is 41.4 Å². The molecule has 0 heterocycles. The number of ether oxygens (including phenoxy) is 1. The van der Waals surface area contributed by atoms with Crippen molar-refractivity contribution in [1.29, 1.82) is 0 Å². The average Bonchev–Trinajstić information content (AvgIpc) is 2.21. The minimum atomic E-state index is -3.18. The molecular weight excluding hydrogens is 307 g/mol. The first-order valence-corrected chi connectivity index (χ1v) is 16.4. The zero-order valence-corrected chi connectivity index (χ0v) is 17.4. The fourth-order valence-electron chi connectivity index (χ4n) is 1.82. The molecule has 4 nitrogen and oxygen atoms in total. The molecule has 0 aromatic carbocycles. The molecule has 0 spiro atoms. The first-order valence-electron chi connectivity index (χ1n) is 7.46. The maximum atomic E-state index is 13.0. The van der Waals surface area contributed by atoms with Crippen LogP contribution in [0.25, 0.3) is 0 Å². The molecule has 0 rings (SSSR count). The summed E-state index contributed by atoms with van der Waals surface area (Å²) < 4.78 is 30.0. The van der Waals surface area contributed by atoms with Gasteiger partial charge >= 0.3 is 7.60 Å². The highest BCUT2D eigenvalue weighted by atomic mass is 31.2. The van der Waals surface area contributed by atoms with Gasteiger partial charge in [-0.25, -0.2) is 0 Å². The Morgan fingerprint density at radius 2 is 1.40 bits per heavy atom. The van der Waals surface area contributed by atoms with Gasteiger partial charge in [0, 0.05) is 14.7 Å². The summed E-state index contributed by atoms with van der Waals surface area (Å²) in [6.07, 6.45) is 0. The molecule has 1 atom stereocenters. The lowest BCUT2D eigenvalue weighted by Gasteiger charge is -2.34. The van der Waals surface area contributed by atoms with Gasteiger partial charge in [-0.15, -0.1) is 0 Å². The minimum absolute atomic E-state index is 0.383. The van der Waals surface area contributed by atoms with E-state index in [1.807, 2.05) is 13.8 Å². The van der Waals surface area contributed by atoms with Crippen molar-refractivity contribution in [3.05, 3.63) is 0 Å². The normalized spacial score (nSPS) is 15.4. The van der Waals surface area contributed by atoms with Gasteiger partial charge in [0.05, 0.1) is 21.3 Å². The van der Waals surface area contributed by atoms with E-state index >= 15 is 0 Å². The van der Waals surface area contributed by atoms with Crippen molar-refractivity contribution in [2.24, 2.45) is 0 Å². The molecule has 0 aromatic rings. The first-order chi connectivity index (χ1) is 8.96. The molecule has 7 heteroatoms. The fourth-order valence-corrected chi connectivity index (χ4v) is 8.77. The quantitative estimate of drug-likeness (QED) is 0.423. The van der Waals surface area contributed by atoms with Crippen LogP contribution in [0.4, 0.5) is 0 Å². The molecule has 0 radical (unpaired) electrons. The van der Waals surface area contributed by atoms with E-state index in [4.69, 9.17) is 13.8 Å². The Kier molecular flexibility index (Phi) is 8.47. The van der Waals surface area contributed by atoms with E-state index < -0.39 is 23.7 Å². The Hall–Kier alpha value is 0.544. The summed E-state index contributed by atoms with van der Waals surface area (Å²) in [7, 11) is -6.15. The van der Waals surface area contributed by atoms with Gasteiger partial charge in [0.1, 0.15) is 5.47 Å². The SMILES string of the molecule is CCOP(=O)(OCC)C(OCC[Si](C)(C)C)[Si](C)(C)C. The molecule has 122 valence electrons. The molecule has 20 heavy (non-hydrogen) atoms. The highest BCUT2D eigenvalue weighted by Gasteiger charge is 2.45. The third kappa shape index (κ3) is 7.52. The van der Waals surface area contributed by atoms with Crippen molar-refractivity contribution < 1.29 is 18.3 Å². The molecular formula is C13H33O4PSi2. The van der Waals surface area contributed by atoms with Crippen LogP contribution in [0.3, 0.4) is 0 Å². The maximum Gasteiger partial charge on any atom is 0.355 e. The molecule has 0 aromatic heterocycles. The van der Waals surface area contributed by atoms with E-state index in [2.05, 4.69) is 39.3 Å². The minimum Gasteiger partial charge on any atom is -0.370 e. The Bertz CT molecular complexity index is 313. The Morgan fingerprint density at radius 1 is 0.950 bits per heavy atom. The predicted molar refractivity (Wildman–Crippen MR) is 92.1 cm³/mol. The third-order valence-corrected chi connectivity index (χ3v) is 11.4. The van der Waals surface area contributed by atoms with Crippen molar-refractivity contribution >= 4 is 23.7 Å². The standard InChI is InChI=1S/C13H33O4PSi2/c1-9-16-18(14,17-10-2)13(20(6,7)8)15-11-12-19(3,4)5/h13H,9-12H2,1-8H3. The van der Waals surface area contributed by atoms with E-state index in [0.29, 0.717) is 19.8 Å². The smallest absolute Gasteiger partial charge is 0.355 e. The summed E-state index contributed by atoms with van der Waals surface area (Å²) in [5.41, 5.74) is -0.383. The van der Waals surface area contributed by atoms with Crippen LogP contribution < -0.4 is 0 Å². The Labute approximate surface area is 127 Å². The van der Waals surface area contributed by atoms with Crippen LogP contribution in [0.1, 0.15) is 13.8 Å². The topological polar surface area (TPSA) is 44.8 Å². The molecule has 0 bridgehead atoms. The zero-order chi connectivity index (χ0) is 16.0. The van der Waals surface area contributed by atoms with Crippen molar-refractivity contribution in [2.75, 3.05) is 19.8 Å². The van der Waals surface area contributed by atoms with Gasteiger partial charge in [-0.3, -0.25) is 4.57 Å². The van der Waals surface area contributed by atoms with E-state index in [1.54, 1.807) is 0 Å². The summed E-state index contributed by atoms with van der Waals surface area (Å²) in [6, 6.07) is 1.06. The maximum absolute atomic E-state index is 13.0. The Balaban J connectivity index is 4.99. The lowest BCUT2D eigenvalue weighted by molar-refractivity contribution is 0.114. The van der Waals surface area contributed by atoms with E-state index in [0.717, 1.165) is 6.04 Å².